The van der Waals surface area contributed by atoms with Gasteiger partial charge in [-0.1, -0.05) is 6.07 Å². The number of nitrogens with one attached hydrogen (secondary N) is 1. The van der Waals surface area contributed by atoms with Crippen LogP contribution < -0.4 is 0 Å². The molecule has 0 aliphatic heterocycles. The van der Waals surface area contributed by atoms with Crippen molar-refractivity contribution in [1.82, 2.24) is 15.2 Å². The van der Waals surface area contributed by atoms with Crippen LogP contribution in [0.5, 0.6) is 0 Å². The third kappa shape index (κ3) is 1.40. The molecule has 1 aromatic carbocycles. The van der Waals surface area contributed by atoms with Crippen molar-refractivity contribution >= 4 is 21.7 Å². The largest absolute Gasteiger partial charge is 0.390 e. The fourth-order valence-corrected chi connectivity index (χ4v) is 2.13. The van der Waals surface area contributed by atoms with Crippen LogP contribution in [0.3, 0.4) is 0 Å². The first-order valence-electron chi connectivity index (χ1n) is 5.30. The number of aromatic amines is 1. The molecule has 3 aromatic rings. The van der Waals surface area contributed by atoms with Gasteiger partial charge < -0.3 is 10.2 Å². The number of hydrogen-bond acceptors (Lipinski definition) is 4. The number of aliphatic hydroxyl groups is 2. The molecule has 2 heterocycles. The summed E-state index contributed by atoms with van der Waals surface area (Å²) in [6.07, 6.45) is 1.73. The summed E-state index contributed by atoms with van der Waals surface area (Å²) < 4.78 is 0. The summed E-state index contributed by atoms with van der Waals surface area (Å²) in [5.74, 6) is 0. The highest BCUT2D eigenvalue weighted by Crippen LogP contribution is 2.28. The van der Waals surface area contributed by atoms with Gasteiger partial charge in [-0.2, -0.15) is 5.10 Å². The highest BCUT2D eigenvalue weighted by molar-refractivity contribution is 6.08. The predicted molar refractivity (Wildman–Crippen MR) is 63.2 cm³/mol. The van der Waals surface area contributed by atoms with Gasteiger partial charge in [0.2, 0.25) is 0 Å². The quantitative estimate of drug-likeness (QED) is 0.614. The molecule has 0 radical (unpaired) electrons. The molecular formula is C12H11N3O2. The lowest BCUT2D eigenvalue weighted by atomic mass is 10.0. The van der Waals surface area contributed by atoms with E-state index in [-0.39, 0.29) is 13.2 Å². The SMILES string of the molecule is OCc1n[nH]c(CO)c2c1ccc1nccc12. The molecule has 0 aliphatic carbocycles. The number of benzene rings is 1. The maximum absolute atomic E-state index is 9.34. The number of hydrogen-bond donors (Lipinski definition) is 3. The van der Waals surface area contributed by atoms with Crippen LogP contribution in [-0.2, 0) is 13.2 Å². The van der Waals surface area contributed by atoms with Crippen LogP contribution in [0.15, 0.2) is 24.4 Å². The second kappa shape index (κ2) is 3.80. The van der Waals surface area contributed by atoms with Crippen LogP contribution >= 0.6 is 0 Å². The molecule has 0 amide bonds. The predicted octanol–water partition coefficient (Wildman–Crippen LogP) is 1.10. The van der Waals surface area contributed by atoms with Crippen LogP contribution in [0.4, 0.5) is 0 Å². The Balaban J connectivity index is 2.54. The Bertz CT molecular complexity index is 691. The van der Waals surface area contributed by atoms with Crippen LogP contribution in [-0.4, -0.2) is 25.4 Å². The van der Waals surface area contributed by atoms with Crippen LogP contribution in [0.2, 0.25) is 0 Å². The number of aromatic nitrogens is 3. The lowest BCUT2D eigenvalue weighted by Gasteiger charge is -2.08. The zero-order valence-corrected chi connectivity index (χ0v) is 9.01. The zero-order valence-electron chi connectivity index (χ0n) is 9.01. The van der Waals surface area contributed by atoms with E-state index in [0.717, 1.165) is 21.7 Å². The van der Waals surface area contributed by atoms with E-state index in [0.29, 0.717) is 11.4 Å². The normalized spacial score (nSPS) is 11.4. The minimum absolute atomic E-state index is 0.125. The van der Waals surface area contributed by atoms with Crippen molar-refractivity contribution in [2.45, 2.75) is 13.2 Å². The summed E-state index contributed by atoms with van der Waals surface area (Å²) in [5.41, 5.74) is 2.08. The first-order chi connectivity index (χ1) is 8.35. The monoisotopic (exact) mass is 229 g/mol. The minimum atomic E-state index is -0.141. The van der Waals surface area contributed by atoms with Gasteiger partial charge in [-0.25, -0.2) is 0 Å². The zero-order chi connectivity index (χ0) is 11.8. The number of fused-ring (bicyclic) bond motifs is 3. The Hall–Kier alpha value is -1.98. The van der Waals surface area contributed by atoms with Gasteiger partial charge in [0.25, 0.3) is 0 Å². The van der Waals surface area contributed by atoms with E-state index >= 15 is 0 Å². The molecule has 0 saturated carbocycles. The van der Waals surface area contributed by atoms with Gasteiger partial charge in [-0.15, -0.1) is 0 Å². The van der Waals surface area contributed by atoms with Gasteiger partial charge in [-0.3, -0.25) is 10.1 Å². The van der Waals surface area contributed by atoms with E-state index in [1.54, 1.807) is 6.20 Å². The van der Waals surface area contributed by atoms with E-state index in [1.165, 1.54) is 0 Å². The first-order valence-corrected chi connectivity index (χ1v) is 5.30. The third-order valence-corrected chi connectivity index (χ3v) is 2.92. The molecule has 0 fully saturated rings. The summed E-state index contributed by atoms with van der Waals surface area (Å²) in [6, 6.07) is 5.65. The van der Waals surface area contributed by atoms with E-state index in [9.17, 15) is 10.2 Å². The van der Waals surface area contributed by atoms with Crippen LogP contribution in [0.25, 0.3) is 21.7 Å². The molecule has 5 heteroatoms. The van der Waals surface area contributed by atoms with E-state index in [4.69, 9.17) is 0 Å². The van der Waals surface area contributed by atoms with Gasteiger partial charge in [0.05, 0.1) is 30.1 Å². The van der Waals surface area contributed by atoms with Crippen molar-refractivity contribution in [2.24, 2.45) is 0 Å². The summed E-state index contributed by atoms with van der Waals surface area (Å²) in [4.78, 5) is 4.22. The van der Waals surface area contributed by atoms with Crippen molar-refractivity contribution in [3.05, 3.63) is 35.8 Å². The highest BCUT2D eigenvalue weighted by Gasteiger charge is 2.11. The molecule has 0 bridgehead atoms. The van der Waals surface area contributed by atoms with Crippen molar-refractivity contribution in [3.8, 4) is 0 Å². The number of H-pyrrole nitrogens is 1. The topological polar surface area (TPSA) is 82.0 Å². The second-order valence-corrected chi connectivity index (χ2v) is 3.83. The molecule has 86 valence electrons. The van der Waals surface area contributed by atoms with Gasteiger partial charge in [-0.05, 0) is 12.1 Å². The third-order valence-electron chi connectivity index (χ3n) is 2.92. The molecule has 0 aliphatic rings. The summed E-state index contributed by atoms with van der Waals surface area (Å²) >= 11 is 0. The van der Waals surface area contributed by atoms with E-state index in [1.807, 2.05) is 18.2 Å². The Morgan fingerprint density at radius 2 is 1.94 bits per heavy atom. The first kappa shape index (κ1) is 10.2. The number of aliphatic hydroxyl groups excluding tert-OH is 2. The maximum atomic E-state index is 9.34. The number of nitrogens with zero attached hydrogens (tertiary/aromatic N) is 2. The Kier molecular flexibility index (Phi) is 2.28. The smallest absolute Gasteiger partial charge is 0.0940 e. The average molecular weight is 229 g/mol. The lowest BCUT2D eigenvalue weighted by molar-refractivity contribution is 0.270. The van der Waals surface area contributed by atoms with Crippen LogP contribution in [0, 0.1) is 0 Å². The van der Waals surface area contributed by atoms with Gasteiger partial charge in [0.15, 0.2) is 0 Å². The van der Waals surface area contributed by atoms with Gasteiger partial charge in [0.1, 0.15) is 0 Å². The maximum Gasteiger partial charge on any atom is 0.0940 e. The Labute approximate surface area is 96.7 Å². The van der Waals surface area contributed by atoms with Crippen LogP contribution in [0.1, 0.15) is 11.4 Å². The van der Waals surface area contributed by atoms with Crippen molar-refractivity contribution in [1.29, 1.82) is 0 Å². The number of rotatable bonds is 2. The van der Waals surface area contributed by atoms with Crippen molar-refractivity contribution in [3.63, 3.8) is 0 Å². The molecule has 0 unspecified atom stereocenters. The fraction of sp³-hybridized carbons (Fsp3) is 0.167. The molecule has 3 N–H and O–H groups in total. The van der Waals surface area contributed by atoms with E-state index < -0.39 is 0 Å². The summed E-state index contributed by atoms with van der Waals surface area (Å²) in [5, 5.41) is 28.1. The molecule has 5 nitrogen and oxygen atoms in total. The highest BCUT2D eigenvalue weighted by atomic mass is 16.3. The molecule has 0 spiro atoms. The Morgan fingerprint density at radius 3 is 2.71 bits per heavy atom. The molecular weight excluding hydrogens is 218 g/mol. The minimum Gasteiger partial charge on any atom is -0.390 e. The second-order valence-electron chi connectivity index (χ2n) is 3.83. The molecule has 0 atom stereocenters. The van der Waals surface area contributed by atoms with Gasteiger partial charge in [0, 0.05) is 22.4 Å². The molecule has 2 aromatic heterocycles. The standard InChI is InChI=1S/C12H11N3O2/c16-5-10-7-1-2-9-8(3-4-13-9)12(7)11(6-17)15-14-10/h1-4,15-17H,5-6H2. The lowest BCUT2D eigenvalue weighted by Crippen LogP contribution is -2.00. The Morgan fingerprint density at radius 1 is 1.06 bits per heavy atom. The summed E-state index contributed by atoms with van der Waals surface area (Å²) in [7, 11) is 0. The summed E-state index contributed by atoms with van der Waals surface area (Å²) in [6.45, 7) is -0.266. The average Bonchev–Trinajstić information content (AvgIpc) is 2.85. The van der Waals surface area contributed by atoms with Crippen molar-refractivity contribution in [2.75, 3.05) is 0 Å². The molecule has 0 saturated heterocycles. The van der Waals surface area contributed by atoms with Crippen molar-refractivity contribution < 1.29 is 10.2 Å². The molecule has 17 heavy (non-hydrogen) atoms. The fourth-order valence-electron chi connectivity index (χ4n) is 2.13. The van der Waals surface area contributed by atoms with Gasteiger partial charge >= 0.3 is 0 Å². The molecule has 3 rings (SSSR count). The van der Waals surface area contributed by atoms with E-state index in [2.05, 4.69) is 15.2 Å².